The Labute approximate surface area is 104 Å². The van der Waals surface area contributed by atoms with Crippen LogP contribution in [0.1, 0.15) is 26.1 Å². The molecule has 1 atom stereocenters. The Kier molecular flexibility index (Phi) is 3.32. The number of aromatic nitrogens is 2. The summed E-state index contributed by atoms with van der Waals surface area (Å²) in [6.07, 6.45) is 0.875. The maximum Gasteiger partial charge on any atom is 0.258 e. The second kappa shape index (κ2) is 4.76. The molecule has 2 N–H and O–H groups in total. The first kappa shape index (κ1) is 12.5. The molecule has 0 spiro atoms. The van der Waals surface area contributed by atoms with Gasteiger partial charge in [-0.05, 0) is 26.3 Å². The Hall–Kier alpha value is -1.91. The average molecular weight is 249 g/mol. The fourth-order valence-corrected chi connectivity index (χ4v) is 1.76. The molecule has 0 saturated heterocycles. The Balaban J connectivity index is 2.57. The number of nitrogens with zero attached hydrogens (tertiary/aromatic N) is 1. The van der Waals surface area contributed by atoms with Crippen molar-refractivity contribution < 1.29 is 4.39 Å². The molecule has 0 amide bonds. The smallest absolute Gasteiger partial charge is 0.258 e. The fraction of sp³-hybridized carbons (Fsp3) is 0.385. The van der Waals surface area contributed by atoms with E-state index < -0.39 is 0 Å². The number of hydrogen-bond donors (Lipinski definition) is 2. The Morgan fingerprint density at radius 3 is 2.89 bits per heavy atom. The van der Waals surface area contributed by atoms with Crippen molar-refractivity contribution in [3.8, 4) is 0 Å². The van der Waals surface area contributed by atoms with E-state index in [9.17, 15) is 9.18 Å². The van der Waals surface area contributed by atoms with Gasteiger partial charge in [-0.25, -0.2) is 9.37 Å². The Morgan fingerprint density at radius 1 is 1.50 bits per heavy atom. The maximum absolute atomic E-state index is 13.9. The highest BCUT2D eigenvalue weighted by Crippen LogP contribution is 2.20. The van der Waals surface area contributed by atoms with Crippen LogP contribution in [0.4, 0.5) is 10.1 Å². The number of hydrogen-bond acceptors (Lipinski definition) is 3. The minimum atomic E-state index is -0.389. The number of rotatable bonds is 3. The van der Waals surface area contributed by atoms with Gasteiger partial charge in [0, 0.05) is 12.1 Å². The molecule has 0 bridgehead atoms. The van der Waals surface area contributed by atoms with E-state index in [2.05, 4.69) is 15.3 Å². The number of H-pyrrole nitrogens is 1. The van der Waals surface area contributed by atoms with Crippen LogP contribution in [0.3, 0.4) is 0 Å². The Bertz CT molecular complexity index is 636. The number of aryl methyl sites for hydroxylation is 1. The molecule has 2 rings (SSSR count). The molecule has 2 aromatic rings. The van der Waals surface area contributed by atoms with Gasteiger partial charge in [0.1, 0.15) is 11.6 Å². The van der Waals surface area contributed by atoms with Gasteiger partial charge in [-0.15, -0.1) is 0 Å². The minimum absolute atomic E-state index is 0.148. The highest BCUT2D eigenvalue weighted by Gasteiger charge is 2.10. The highest BCUT2D eigenvalue weighted by molar-refractivity contribution is 5.81. The van der Waals surface area contributed by atoms with Crippen molar-refractivity contribution in [2.24, 2.45) is 0 Å². The van der Waals surface area contributed by atoms with Crippen molar-refractivity contribution >= 4 is 16.6 Å². The van der Waals surface area contributed by atoms with Crippen molar-refractivity contribution in [3.05, 3.63) is 34.1 Å². The summed E-state index contributed by atoms with van der Waals surface area (Å²) in [4.78, 5) is 18.5. The third-order valence-corrected chi connectivity index (χ3v) is 2.93. The lowest BCUT2D eigenvalue weighted by Crippen LogP contribution is -2.16. The van der Waals surface area contributed by atoms with Crippen molar-refractivity contribution in [1.82, 2.24) is 9.97 Å². The molecule has 1 heterocycles. The van der Waals surface area contributed by atoms with Crippen molar-refractivity contribution in [1.29, 1.82) is 0 Å². The molecule has 0 fully saturated rings. The third-order valence-electron chi connectivity index (χ3n) is 2.93. The van der Waals surface area contributed by atoms with Gasteiger partial charge in [-0.2, -0.15) is 0 Å². The van der Waals surface area contributed by atoms with Crippen LogP contribution >= 0.6 is 0 Å². The zero-order valence-electron chi connectivity index (χ0n) is 10.7. The summed E-state index contributed by atoms with van der Waals surface area (Å²) in [7, 11) is 0. The van der Waals surface area contributed by atoms with Crippen LogP contribution in [0.15, 0.2) is 16.9 Å². The molecule has 1 aromatic carbocycles. The molecular weight excluding hydrogens is 233 g/mol. The topological polar surface area (TPSA) is 57.8 Å². The summed E-state index contributed by atoms with van der Waals surface area (Å²) in [5, 5.41) is 3.43. The van der Waals surface area contributed by atoms with E-state index in [4.69, 9.17) is 0 Å². The van der Waals surface area contributed by atoms with E-state index in [-0.39, 0.29) is 17.4 Å². The Morgan fingerprint density at radius 2 is 2.22 bits per heavy atom. The van der Waals surface area contributed by atoms with E-state index in [0.29, 0.717) is 22.4 Å². The molecule has 0 saturated carbocycles. The largest absolute Gasteiger partial charge is 0.380 e. The van der Waals surface area contributed by atoms with Crippen molar-refractivity contribution in [2.75, 3.05) is 5.32 Å². The summed E-state index contributed by atoms with van der Waals surface area (Å²) in [6, 6.07) is 2.96. The van der Waals surface area contributed by atoms with Crippen molar-refractivity contribution in [2.45, 2.75) is 33.2 Å². The standard InChI is InChI=1S/C13H16FN3O/c1-4-7(2)15-12-5-9-11(6-10(12)14)16-8(3)17-13(9)18/h5-7,15H,4H2,1-3H3,(H,16,17,18). The average Bonchev–Trinajstić information content (AvgIpc) is 2.30. The van der Waals surface area contributed by atoms with Gasteiger partial charge in [0.2, 0.25) is 0 Å². The van der Waals surface area contributed by atoms with Gasteiger partial charge in [0.25, 0.3) is 5.56 Å². The summed E-state index contributed by atoms with van der Waals surface area (Å²) >= 11 is 0. The summed E-state index contributed by atoms with van der Waals surface area (Å²) < 4.78 is 13.9. The molecule has 5 heteroatoms. The van der Waals surface area contributed by atoms with Gasteiger partial charge in [-0.3, -0.25) is 4.79 Å². The monoisotopic (exact) mass is 249 g/mol. The zero-order chi connectivity index (χ0) is 13.3. The first-order valence-electron chi connectivity index (χ1n) is 5.98. The second-order valence-electron chi connectivity index (χ2n) is 4.45. The fourth-order valence-electron chi connectivity index (χ4n) is 1.76. The molecule has 0 radical (unpaired) electrons. The first-order valence-corrected chi connectivity index (χ1v) is 5.98. The van der Waals surface area contributed by atoms with Gasteiger partial charge < -0.3 is 10.3 Å². The first-order chi connectivity index (χ1) is 8.51. The van der Waals surface area contributed by atoms with Gasteiger partial charge in [-0.1, -0.05) is 6.92 Å². The molecule has 1 aromatic heterocycles. The molecule has 0 aliphatic heterocycles. The van der Waals surface area contributed by atoms with E-state index in [1.165, 1.54) is 12.1 Å². The lowest BCUT2D eigenvalue weighted by atomic mass is 10.2. The summed E-state index contributed by atoms with van der Waals surface area (Å²) in [5.41, 5.74) is 0.473. The normalized spacial score (nSPS) is 12.7. The summed E-state index contributed by atoms with van der Waals surface area (Å²) in [6.45, 7) is 5.64. The van der Waals surface area contributed by atoms with Crippen LogP contribution in [0.25, 0.3) is 10.9 Å². The number of halogens is 1. The zero-order valence-corrected chi connectivity index (χ0v) is 10.7. The van der Waals surface area contributed by atoms with Gasteiger partial charge in [0.05, 0.1) is 16.6 Å². The lowest BCUT2D eigenvalue weighted by Gasteiger charge is -2.14. The van der Waals surface area contributed by atoms with Crippen LogP contribution in [0.5, 0.6) is 0 Å². The number of benzene rings is 1. The molecule has 0 aliphatic carbocycles. The highest BCUT2D eigenvalue weighted by atomic mass is 19.1. The molecule has 4 nitrogen and oxygen atoms in total. The van der Waals surface area contributed by atoms with E-state index in [0.717, 1.165) is 6.42 Å². The SMILES string of the molecule is CCC(C)Nc1cc2c(=O)[nH]c(C)nc2cc1F. The molecule has 96 valence electrons. The van der Waals surface area contributed by atoms with Gasteiger partial charge in [0.15, 0.2) is 0 Å². The lowest BCUT2D eigenvalue weighted by molar-refractivity contribution is 0.626. The predicted octanol–water partition coefficient (Wildman–Crippen LogP) is 2.58. The second-order valence-corrected chi connectivity index (χ2v) is 4.45. The van der Waals surface area contributed by atoms with Crippen LogP contribution < -0.4 is 10.9 Å². The number of nitrogens with one attached hydrogen (secondary N) is 2. The number of anilines is 1. The van der Waals surface area contributed by atoms with Crippen LogP contribution in [0.2, 0.25) is 0 Å². The van der Waals surface area contributed by atoms with Crippen LogP contribution in [-0.4, -0.2) is 16.0 Å². The van der Waals surface area contributed by atoms with Crippen molar-refractivity contribution in [3.63, 3.8) is 0 Å². The van der Waals surface area contributed by atoms with E-state index >= 15 is 0 Å². The number of aromatic amines is 1. The predicted molar refractivity (Wildman–Crippen MR) is 70.4 cm³/mol. The van der Waals surface area contributed by atoms with Gasteiger partial charge >= 0.3 is 0 Å². The molecule has 18 heavy (non-hydrogen) atoms. The maximum atomic E-state index is 13.9. The quantitative estimate of drug-likeness (QED) is 0.879. The summed E-state index contributed by atoms with van der Waals surface area (Å²) in [5.74, 6) is 0.0924. The van der Waals surface area contributed by atoms with Crippen LogP contribution in [0, 0.1) is 12.7 Å². The molecule has 0 aliphatic rings. The molecule has 1 unspecified atom stereocenters. The van der Waals surface area contributed by atoms with E-state index in [1.807, 2.05) is 13.8 Å². The minimum Gasteiger partial charge on any atom is -0.380 e. The number of fused-ring (bicyclic) bond motifs is 1. The van der Waals surface area contributed by atoms with Crippen LogP contribution in [-0.2, 0) is 0 Å². The third kappa shape index (κ3) is 2.34. The molecular formula is C13H16FN3O. The van der Waals surface area contributed by atoms with E-state index in [1.54, 1.807) is 6.92 Å².